The van der Waals surface area contributed by atoms with Crippen molar-refractivity contribution in [2.24, 2.45) is 0 Å². The summed E-state index contributed by atoms with van der Waals surface area (Å²) in [5.41, 5.74) is -0.355. The monoisotopic (exact) mass is 265 g/mol. The smallest absolute Gasteiger partial charge is 0.261 e. The predicted octanol–water partition coefficient (Wildman–Crippen LogP) is 1.68. The van der Waals surface area contributed by atoms with Gasteiger partial charge in [0.05, 0.1) is 31.3 Å². The molecule has 1 fully saturated rings. The third kappa shape index (κ3) is 4.49. The highest BCUT2D eigenvalue weighted by Crippen LogP contribution is 2.22. The second-order valence-corrected chi connectivity index (χ2v) is 5.15. The lowest BCUT2D eigenvalue weighted by Gasteiger charge is -2.44. The maximum Gasteiger partial charge on any atom is 0.261 e. The van der Waals surface area contributed by atoms with Crippen LogP contribution in [0.5, 0.6) is 0 Å². The summed E-state index contributed by atoms with van der Waals surface area (Å²) in [4.78, 5) is 13.7. The Labute approximate surface area is 106 Å². The molecule has 1 heterocycles. The Kier molecular flexibility index (Phi) is 5.47. The highest BCUT2D eigenvalue weighted by Gasteiger charge is 2.36. The van der Waals surface area contributed by atoms with Gasteiger partial charge in [0.15, 0.2) is 0 Å². The topological polar surface area (TPSA) is 38.8 Å². The molecule has 1 amide bonds. The Morgan fingerprint density at radius 3 is 2.83 bits per heavy atom. The molecule has 1 aliphatic heterocycles. The molecule has 1 rings (SSSR count). The van der Waals surface area contributed by atoms with Crippen LogP contribution in [0.2, 0.25) is 0 Å². The fourth-order valence-corrected chi connectivity index (χ4v) is 1.89. The summed E-state index contributed by atoms with van der Waals surface area (Å²) in [7, 11) is 0. The van der Waals surface area contributed by atoms with E-state index in [-0.39, 0.29) is 30.6 Å². The maximum absolute atomic E-state index is 12.0. The van der Waals surface area contributed by atoms with E-state index < -0.39 is 13.0 Å². The third-order valence-corrected chi connectivity index (χ3v) is 2.90. The largest absolute Gasteiger partial charge is 0.375 e. The Morgan fingerprint density at radius 1 is 1.56 bits per heavy atom. The molecule has 0 aliphatic carbocycles. The summed E-state index contributed by atoms with van der Waals surface area (Å²) < 4.78 is 33.9. The number of ether oxygens (including phenoxy) is 2. The number of halogens is 2. The molecule has 1 aliphatic rings. The van der Waals surface area contributed by atoms with Crippen LogP contribution in [0.1, 0.15) is 27.2 Å². The zero-order valence-corrected chi connectivity index (χ0v) is 11.1. The number of carbonyl (C=O) groups excluding carboxylic acids is 1. The molecule has 4 nitrogen and oxygen atoms in total. The Balaban J connectivity index is 2.39. The van der Waals surface area contributed by atoms with Crippen LogP contribution in [-0.2, 0) is 14.3 Å². The molecular formula is C12H21F2NO3. The highest BCUT2D eigenvalue weighted by atomic mass is 19.3. The van der Waals surface area contributed by atoms with Gasteiger partial charge in [0, 0.05) is 6.54 Å². The van der Waals surface area contributed by atoms with Crippen molar-refractivity contribution >= 4 is 5.91 Å². The van der Waals surface area contributed by atoms with Crippen molar-refractivity contribution in [2.45, 2.75) is 45.3 Å². The molecule has 1 saturated heterocycles. The molecule has 106 valence electrons. The van der Waals surface area contributed by atoms with Crippen molar-refractivity contribution in [3.63, 3.8) is 0 Å². The normalized spacial score (nSPS) is 23.4. The lowest BCUT2D eigenvalue weighted by Crippen LogP contribution is -2.57. The lowest BCUT2D eigenvalue weighted by molar-refractivity contribution is -0.154. The number of hydrogen-bond donors (Lipinski definition) is 0. The van der Waals surface area contributed by atoms with Gasteiger partial charge in [-0.25, -0.2) is 8.78 Å². The summed E-state index contributed by atoms with van der Waals surface area (Å²) in [5, 5.41) is 0. The van der Waals surface area contributed by atoms with E-state index in [4.69, 9.17) is 9.47 Å². The summed E-state index contributed by atoms with van der Waals surface area (Å²) in [5.74, 6) is -0.0792. The van der Waals surface area contributed by atoms with Gasteiger partial charge >= 0.3 is 0 Å². The number of nitrogens with zero attached hydrogens (tertiary/aromatic N) is 1. The lowest BCUT2D eigenvalue weighted by atomic mass is 10.0. The van der Waals surface area contributed by atoms with E-state index in [0.29, 0.717) is 13.2 Å². The van der Waals surface area contributed by atoms with Gasteiger partial charge in [-0.1, -0.05) is 0 Å². The van der Waals surface area contributed by atoms with Gasteiger partial charge in [0.25, 0.3) is 6.43 Å². The van der Waals surface area contributed by atoms with E-state index in [2.05, 4.69) is 0 Å². The van der Waals surface area contributed by atoms with Crippen LogP contribution >= 0.6 is 0 Å². The molecule has 1 atom stereocenters. The molecule has 0 aromatic heterocycles. The van der Waals surface area contributed by atoms with Gasteiger partial charge in [-0.2, -0.15) is 0 Å². The van der Waals surface area contributed by atoms with Crippen molar-refractivity contribution in [1.82, 2.24) is 4.90 Å². The second kappa shape index (κ2) is 6.43. The van der Waals surface area contributed by atoms with Crippen molar-refractivity contribution in [3.05, 3.63) is 0 Å². The van der Waals surface area contributed by atoms with Crippen LogP contribution in [0, 0.1) is 0 Å². The molecule has 0 unspecified atom stereocenters. The maximum atomic E-state index is 12.0. The quantitative estimate of drug-likeness (QED) is 0.710. The van der Waals surface area contributed by atoms with Crippen molar-refractivity contribution in [2.75, 3.05) is 26.4 Å². The molecule has 0 N–H and O–H groups in total. The summed E-state index contributed by atoms with van der Waals surface area (Å²) >= 11 is 0. The van der Waals surface area contributed by atoms with E-state index in [0.717, 1.165) is 0 Å². The minimum absolute atomic E-state index is 0.00366. The molecule has 0 bridgehead atoms. The van der Waals surface area contributed by atoms with Gasteiger partial charge < -0.3 is 14.4 Å². The van der Waals surface area contributed by atoms with E-state index in [1.54, 1.807) is 4.90 Å². The minimum atomic E-state index is -2.49. The zero-order chi connectivity index (χ0) is 13.8. The standard InChI is InChI=1S/C12H21F2NO3/c1-9-6-15(12(2,3)8-18-9)11(16)4-5-17-7-10(13)14/h9-10H,4-8H2,1-3H3/t9-/m0/s1. The first-order chi connectivity index (χ1) is 8.33. The van der Waals surface area contributed by atoms with E-state index in [1.807, 2.05) is 20.8 Å². The van der Waals surface area contributed by atoms with Gasteiger partial charge in [-0.15, -0.1) is 0 Å². The zero-order valence-electron chi connectivity index (χ0n) is 11.1. The highest BCUT2D eigenvalue weighted by molar-refractivity contribution is 5.77. The first-order valence-corrected chi connectivity index (χ1v) is 6.11. The van der Waals surface area contributed by atoms with E-state index in [9.17, 15) is 13.6 Å². The fourth-order valence-electron chi connectivity index (χ4n) is 1.89. The molecule has 0 radical (unpaired) electrons. The first-order valence-electron chi connectivity index (χ1n) is 6.11. The van der Waals surface area contributed by atoms with Crippen LogP contribution in [0.3, 0.4) is 0 Å². The van der Waals surface area contributed by atoms with Gasteiger partial charge in [0.1, 0.15) is 6.61 Å². The summed E-state index contributed by atoms with van der Waals surface area (Å²) in [6.45, 7) is 6.19. The molecule has 0 aromatic rings. The minimum Gasteiger partial charge on any atom is -0.375 e. The molecule has 0 spiro atoms. The second-order valence-electron chi connectivity index (χ2n) is 5.15. The Bertz CT molecular complexity index is 284. The fraction of sp³-hybridized carbons (Fsp3) is 0.917. The van der Waals surface area contributed by atoms with Gasteiger partial charge in [-0.05, 0) is 20.8 Å². The van der Waals surface area contributed by atoms with Crippen molar-refractivity contribution < 1.29 is 23.0 Å². The molecule has 0 aromatic carbocycles. The van der Waals surface area contributed by atoms with E-state index in [1.165, 1.54) is 0 Å². The number of rotatable bonds is 5. The molecule has 6 heteroatoms. The average molecular weight is 265 g/mol. The SMILES string of the molecule is C[C@H]1CN(C(=O)CCOCC(F)F)C(C)(C)CO1. The predicted molar refractivity (Wildman–Crippen MR) is 62.6 cm³/mol. The van der Waals surface area contributed by atoms with Gasteiger partial charge in [0.2, 0.25) is 5.91 Å². The molecule has 18 heavy (non-hydrogen) atoms. The van der Waals surface area contributed by atoms with Crippen LogP contribution < -0.4 is 0 Å². The van der Waals surface area contributed by atoms with Gasteiger partial charge in [-0.3, -0.25) is 4.79 Å². The van der Waals surface area contributed by atoms with Crippen LogP contribution in [-0.4, -0.2) is 55.2 Å². The van der Waals surface area contributed by atoms with Crippen LogP contribution in [0.15, 0.2) is 0 Å². The Hall–Kier alpha value is -0.750. The molecular weight excluding hydrogens is 244 g/mol. The van der Waals surface area contributed by atoms with Crippen LogP contribution in [0.4, 0.5) is 8.78 Å². The van der Waals surface area contributed by atoms with Crippen LogP contribution in [0.25, 0.3) is 0 Å². The van der Waals surface area contributed by atoms with E-state index >= 15 is 0 Å². The average Bonchev–Trinajstić information content (AvgIpc) is 2.27. The Morgan fingerprint density at radius 2 is 2.22 bits per heavy atom. The number of alkyl halides is 2. The molecule has 0 saturated carbocycles. The van der Waals surface area contributed by atoms with Crippen molar-refractivity contribution in [3.8, 4) is 0 Å². The number of carbonyl (C=O) groups is 1. The first kappa shape index (κ1) is 15.3. The van der Waals surface area contributed by atoms with Crippen molar-refractivity contribution in [1.29, 1.82) is 0 Å². The number of hydrogen-bond acceptors (Lipinski definition) is 3. The number of morpholine rings is 1. The number of amides is 1. The summed E-state index contributed by atoms with van der Waals surface area (Å²) in [6.07, 6.45) is -2.35. The summed E-state index contributed by atoms with van der Waals surface area (Å²) in [6, 6.07) is 0. The third-order valence-electron chi connectivity index (χ3n) is 2.90.